The Kier molecular flexibility index (Phi) is 4.02. The Morgan fingerprint density at radius 2 is 2.28 bits per heavy atom. The van der Waals surface area contributed by atoms with Crippen LogP contribution in [-0.2, 0) is 4.79 Å². The molecule has 1 fully saturated rings. The lowest BCUT2D eigenvalue weighted by Crippen LogP contribution is -2.34. The van der Waals surface area contributed by atoms with Gasteiger partial charge in [0.2, 0.25) is 5.91 Å². The van der Waals surface area contributed by atoms with Gasteiger partial charge in [-0.05, 0) is 66.1 Å². The fourth-order valence-corrected chi connectivity index (χ4v) is 3.55. The van der Waals surface area contributed by atoms with Gasteiger partial charge < -0.3 is 5.32 Å². The summed E-state index contributed by atoms with van der Waals surface area (Å²) in [4.78, 5) is 12.2. The van der Waals surface area contributed by atoms with E-state index in [0.717, 1.165) is 24.2 Å². The molecule has 1 aliphatic rings. The fourth-order valence-electron chi connectivity index (χ4n) is 1.99. The largest absolute Gasteiger partial charge is 0.325 e. The molecule has 1 aliphatic heterocycles. The molecule has 0 spiro atoms. The average Bonchev–Trinajstić information content (AvgIpc) is 2.74. The highest BCUT2D eigenvalue weighted by Crippen LogP contribution is 2.39. The zero-order chi connectivity index (χ0) is 13.3. The third-order valence-electron chi connectivity index (χ3n) is 3.21. The smallest absolute Gasteiger partial charge is 0.240 e. The van der Waals surface area contributed by atoms with Crippen molar-refractivity contribution in [1.82, 2.24) is 0 Å². The molecule has 1 aromatic carbocycles. The van der Waals surface area contributed by atoms with E-state index in [4.69, 9.17) is 0 Å². The van der Waals surface area contributed by atoms with Gasteiger partial charge in [0.05, 0.1) is 9.22 Å². The lowest BCUT2D eigenvalue weighted by Gasteiger charge is -2.22. The van der Waals surface area contributed by atoms with Gasteiger partial charge in [0.15, 0.2) is 0 Å². The third kappa shape index (κ3) is 2.72. The molecule has 98 valence electrons. The third-order valence-corrected chi connectivity index (χ3v) is 5.34. The number of aryl methyl sites for hydroxylation is 1. The number of benzene rings is 1. The second-order valence-corrected chi connectivity index (χ2v) is 7.17. The molecule has 0 saturated carbocycles. The van der Waals surface area contributed by atoms with Crippen LogP contribution in [0.15, 0.2) is 16.6 Å². The van der Waals surface area contributed by atoms with E-state index in [-0.39, 0.29) is 16.5 Å². The maximum absolute atomic E-state index is 13.3. The number of thioether (sulfide) groups is 1. The molecular formula is C13H15BrFNOS. The predicted octanol–water partition coefficient (Wildman–Crippen LogP) is 4.12. The van der Waals surface area contributed by atoms with Crippen molar-refractivity contribution in [3.05, 3.63) is 28.0 Å². The Balaban J connectivity index is 2.19. The summed E-state index contributed by atoms with van der Waals surface area (Å²) >= 11 is 4.82. The molecule has 1 heterocycles. The van der Waals surface area contributed by atoms with Gasteiger partial charge in [-0.1, -0.05) is 0 Å². The summed E-state index contributed by atoms with van der Waals surface area (Å²) < 4.78 is 13.3. The van der Waals surface area contributed by atoms with E-state index in [2.05, 4.69) is 21.2 Å². The van der Waals surface area contributed by atoms with E-state index < -0.39 is 0 Å². The number of nitrogens with one attached hydrogen (secondary N) is 1. The average molecular weight is 332 g/mol. The lowest BCUT2D eigenvalue weighted by atomic mass is 10.0. The summed E-state index contributed by atoms with van der Waals surface area (Å²) in [6.07, 6.45) is 1.96. The summed E-state index contributed by atoms with van der Waals surface area (Å²) in [5.74, 6) is 0.717. The van der Waals surface area contributed by atoms with Crippen LogP contribution in [0.2, 0.25) is 0 Å². The molecule has 0 radical (unpaired) electrons. The van der Waals surface area contributed by atoms with Crippen molar-refractivity contribution in [3.63, 3.8) is 0 Å². The van der Waals surface area contributed by atoms with Crippen LogP contribution in [0.3, 0.4) is 0 Å². The first-order valence-electron chi connectivity index (χ1n) is 5.83. The number of hydrogen-bond donors (Lipinski definition) is 1. The maximum Gasteiger partial charge on any atom is 0.240 e. The summed E-state index contributed by atoms with van der Waals surface area (Å²) in [5.41, 5.74) is 1.40. The van der Waals surface area contributed by atoms with Crippen LogP contribution in [0.4, 0.5) is 10.1 Å². The highest BCUT2D eigenvalue weighted by molar-refractivity contribution is 9.10. The minimum Gasteiger partial charge on any atom is -0.325 e. The minimum atomic E-state index is -0.354. The van der Waals surface area contributed by atoms with Crippen molar-refractivity contribution in [3.8, 4) is 0 Å². The Morgan fingerprint density at radius 1 is 1.56 bits per heavy atom. The first-order chi connectivity index (χ1) is 8.42. The van der Waals surface area contributed by atoms with Crippen LogP contribution in [0, 0.1) is 12.7 Å². The van der Waals surface area contributed by atoms with Gasteiger partial charge in [0, 0.05) is 5.69 Å². The summed E-state index contributed by atoms with van der Waals surface area (Å²) in [6, 6.07) is 3.04. The van der Waals surface area contributed by atoms with E-state index in [0.29, 0.717) is 10.2 Å². The lowest BCUT2D eigenvalue weighted by molar-refractivity contribution is -0.118. The van der Waals surface area contributed by atoms with E-state index in [1.54, 1.807) is 24.8 Å². The second kappa shape index (κ2) is 5.21. The molecule has 2 nitrogen and oxygen atoms in total. The van der Waals surface area contributed by atoms with Gasteiger partial charge in [-0.15, -0.1) is 11.8 Å². The van der Waals surface area contributed by atoms with Gasteiger partial charge in [0.25, 0.3) is 0 Å². The molecule has 1 amide bonds. The highest BCUT2D eigenvalue weighted by Gasteiger charge is 2.37. The summed E-state index contributed by atoms with van der Waals surface area (Å²) in [6.45, 7) is 3.75. The molecule has 1 saturated heterocycles. The number of anilines is 1. The SMILES string of the molecule is Cc1cc(F)c(Br)cc1NC(=O)C1(C)CCCS1. The minimum absolute atomic E-state index is 0.00612. The Labute approximate surface area is 119 Å². The van der Waals surface area contributed by atoms with Crippen LogP contribution in [-0.4, -0.2) is 16.4 Å². The molecule has 1 aromatic rings. The van der Waals surface area contributed by atoms with Crippen LogP contribution < -0.4 is 5.32 Å². The zero-order valence-corrected chi connectivity index (χ0v) is 12.8. The van der Waals surface area contributed by atoms with Gasteiger partial charge in [-0.3, -0.25) is 4.79 Å². The topological polar surface area (TPSA) is 29.1 Å². The van der Waals surface area contributed by atoms with E-state index in [9.17, 15) is 9.18 Å². The van der Waals surface area contributed by atoms with Crippen LogP contribution in [0.1, 0.15) is 25.3 Å². The number of carbonyl (C=O) groups excluding carboxylic acids is 1. The van der Waals surface area contributed by atoms with E-state index in [1.807, 2.05) is 6.92 Å². The number of rotatable bonds is 2. The normalized spacial score (nSPS) is 23.1. The van der Waals surface area contributed by atoms with Gasteiger partial charge in [0.1, 0.15) is 5.82 Å². The second-order valence-electron chi connectivity index (χ2n) is 4.72. The van der Waals surface area contributed by atoms with Gasteiger partial charge >= 0.3 is 0 Å². The number of halogens is 2. The van der Waals surface area contributed by atoms with Crippen LogP contribution in [0.25, 0.3) is 0 Å². The highest BCUT2D eigenvalue weighted by atomic mass is 79.9. The fraction of sp³-hybridized carbons (Fsp3) is 0.462. The van der Waals surface area contributed by atoms with Crippen molar-refractivity contribution in [2.24, 2.45) is 0 Å². The van der Waals surface area contributed by atoms with Crippen molar-refractivity contribution in [2.75, 3.05) is 11.1 Å². The quantitative estimate of drug-likeness (QED) is 0.883. The molecule has 0 bridgehead atoms. The predicted molar refractivity (Wildman–Crippen MR) is 77.6 cm³/mol. The zero-order valence-electron chi connectivity index (χ0n) is 10.3. The molecule has 18 heavy (non-hydrogen) atoms. The summed E-state index contributed by atoms with van der Waals surface area (Å²) in [5, 5.41) is 2.90. The van der Waals surface area contributed by atoms with Gasteiger partial charge in [-0.2, -0.15) is 0 Å². The van der Waals surface area contributed by atoms with E-state index >= 15 is 0 Å². The number of hydrogen-bond acceptors (Lipinski definition) is 2. The van der Waals surface area contributed by atoms with Crippen molar-refractivity contribution >= 4 is 39.3 Å². The number of carbonyl (C=O) groups is 1. The Hall–Kier alpha value is -0.550. The van der Waals surface area contributed by atoms with Crippen molar-refractivity contribution in [2.45, 2.75) is 31.4 Å². The molecule has 1 unspecified atom stereocenters. The van der Waals surface area contributed by atoms with Crippen LogP contribution >= 0.6 is 27.7 Å². The maximum atomic E-state index is 13.3. The Bertz CT molecular complexity index is 486. The molecule has 0 aromatic heterocycles. The first-order valence-corrected chi connectivity index (χ1v) is 7.61. The standard InChI is InChI=1S/C13H15BrFNOS/c1-8-6-10(15)9(14)7-11(8)16-12(17)13(2)4-3-5-18-13/h6-7H,3-5H2,1-2H3,(H,16,17). The van der Waals surface area contributed by atoms with Crippen LogP contribution in [0.5, 0.6) is 0 Å². The molecule has 1 atom stereocenters. The van der Waals surface area contributed by atoms with Crippen molar-refractivity contribution in [1.29, 1.82) is 0 Å². The Morgan fingerprint density at radius 3 is 2.89 bits per heavy atom. The molecular weight excluding hydrogens is 317 g/mol. The van der Waals surface area contributed by atoms with Crippen molar-refractivity contribution < 1.29 is 9.18 Å². The van der Waals surface area contributed by atoms with Gasteiger partial charge in [-0.25, -0.2) is 4.39 Å². The van der Waals surface area contributed by atoms with E-state index in [1.165, 1.54) is 6.07 Å². The monoisotopic (exact) mass is 331 g/mol. The molecule has 1 N–H and O–H groups in total. The molecule has 0 aliphatic carbocycles. The molecule has 5 heteroatoms. The first kappa shape index (κ1) is 13.9. The summed E-state index contributed by atoms with van der Waals surface area (Å²) in [7, 11) is 0. The number of amides is 1. The molecule has 2 rings (SSSR count).